The molecule has 0 aromatic heterocycles. The fourth-order valence-electron chi connectivity index (χ4n) is 2.03. The molecule has 0 amide bonds. The van der Waals surface area contributed by atoms with Gasteiger partial charge in [-0.2, -0.15) is 0 Å². The highest BCUT2D eigenvalue weighted by Gasteiger charge is 2.03. The quantitative estimate of drug-likeness (QED) is 0.680. The Morgan fingerprint density at radius 3 is 1.89 bits per heavy atom. The topological polar surface area (TPSA) is 12.4 Å². The number of hydrogen-bond acceptors (Lipinski definition) is 1. The van der Waals surface area contributed by atoms with Gasteiger partial charge >= 0.3 is 0 Å². The molecule has 0 aliphatic carbocycles. The lowest BCUT2D eigenvalue weighted by Gasteiger charge is -2.07. The zero-order valence-electron chi connectivity index (χ0n) is 11.5. The summed E-state index contributed by atoms with van der Waals surface area (Å²) in [5.74, 6) is 0. The van der Waals surface area contributed by atoms with Crippen LogP contribution in [-0.2, 0) is 0 Å². The number of nitrogens with zero attached hydrogens (tertiary/aromatic N) is 1. The molecule has 0 N–H and O–H groups in total. The zero-order valence-corrected chi connectivity index (χ0v) is 11.5. The molecule has 96 valence electrons. The Hall–Kier alpha value is -2.15. The fraction of sp³-hybridized carbons (Fsp3) is 0.167. The normalized spacial score (nSPS) is 12.5. The summed E-state index contributed by atoms with van der Waals surface area (Å²) in [7, 11) is 0. The molecule has 1 nitrogen and oxygen atoms in total. The van der Waals surface area contributed by atoms with E-state index in [0.29, 0.717) is 0 Å². The maximum atomic E-state index is 4.83. The second-order valence-corrected chi connectivity index (χ2v) is 4.32. The summed E-state index contributed by atoms with van der Waals surface area (Å²) in [6, 6.07) is 20.7. The van der Waals surface area contributed by atoms with Crippen LogP contribution in [0, 0.1) is 0 Å². The largest absolute Gasteiger partial charge is 0.253 e. The van der Waals surface area contributed by atoms with Crippen molar-refractivity contribution in [2.45, 2.75) is 20.3 Å². The van der Waals surface area contributed by atoms with Crippen LogP contribution in [0.25, 0.3) is 5.70 Å². The van der Waals surface area contributed by atoms with E-state index in [0.717, 1.165) is 23.4 Å². The van der Waals surface area contributed by atoms with Crippen LogP contribution < -0.4 is 0 Å². The molecule has 2 aromatic carbocycles. The van der Waals surface area contributed by atoms with E-state index >= 15 is 0 Å². The molecular weight excluding hydrogens is 230 g/mol. The van der Waals surface area contributed by atoms with Gasteiger partial charge in [0.05, 0.1) is 5.70 Å². The van der Waals surface area contributed by atoms with Crippen LogP contribution >= 0.6 is 0 Å². The van der Waals surface area contributed by atoms with Gasteiger partial charge in [-0.1, -0.05) is 73.7 Å². The third kappa shape index (κ3) is 3.41. The van der Waals surface area contributed by atoms with E-state index < -0.39 is 0 Å². The highest BCUT2D eigenvalue weighted by atomic mass is 14.8. The first-order valence-electron chi connectivity index (χ1n) is 6.70. The molecule has 0 aliphatic rings. The monoisotopic (exact) mass is 249 g/mol. The van der Waals surface area contributed by atoms with Crippen molar-refractivity contribution in [2.24, 2.45) is 4.99 Å². The molecule has 0 fully saturated rings. The van der Waals surface area contributed by atoms with Crippen LogP contribution in [0.5, 0.6) is 0 Å². The molecule has 0 heterocycles. The second kappa shape index (κ2) is 6.69. The van der Waals surface area contributed by atoms with Gasteiger partial charge in [-0.05, 0) is 24.5 Å². The molecule has 0 atom stereocenters. The molecule has 0 saturated carbocycles. The van der Waals surface area contributed by atoms with Gasteiger partial charge in [-0.25, -0.2) is 0 Å². The van der Waals surface area contributed by atoms with Crippen molar-refractivity contribution in [3.63, 3.8) is 0 Å². The number of allylic oxidation sites excluding steroid dienone is 1. The summed E-state index contributed by atoms with van der Waals surface area (Å²) in [4.78, 5) is 4.83. The lowest BCUT2D eigenvalue weighted by atomic mass is 10.1. The molecule has 0 spiro atoms. The lowest BCUT2D eigenvalue weighted by molar-refractivity contribution is 1.26. The van der Waals surface area contributed by atoms with E-state index in [1.807, 2.05) is 31.2 Å². The van der Waals surface area contributed by atoms with E-state index in [2.05, 4.69) is 49.4 Å². The van der Waals surface area contributed by atoms with E-state index in [1.54, 1.807) is 0 Å². The molecule has 0 unspecified atom stereocenters. The van der Waals surface area contributed by atoms with E-state index in [-0.39, 0.29) is 0 Å². The van der Waals surface area contributed by atoms with Crippen LogP contribution in [0.4, 0.5) is 0 Å². The maximum absolute atomic E-state index is 4.83. The Kier molecular flexibility index (Phi) is 4.68. The van der Waals surface area contributed by atoms with Gasteiger partial charge in [-0.3, -0.25) is 4.99 Å². The summed E-state index contributed by atoms with van der Waals surface area (Å²) < 4.78 is 0. The minimum absolute atomic E-state index is 0.925. The molecule has 0 bridgehead atoms. The highest BCUT2D eigenvalue weighted by Crippen LogP contribution is 2.18. The first-order valence-corrected chi connectivity index (χ1v) is 6.70. The van der Waals surface area contributed by atoms with Crippen molar-refractivity contribution >= 4 is 11.4 Å². The van der Waals surface area contributed by atoms with Gasteiger partial charge in [0.1, 0.15) is 0 Å². The minimum Gasteiger partial charge on any atom is -0.253 e. The summed E-state index contributed by atoms with van der Waals surface area (Å²) in [5.41, 5.74) is 4.51. The van der Waals surface area contributed by atoms with Crippen molar-refractivity contribution in [1.82, 2.24) is 0 Å². The summed E-state index contributed by atoms with van der Waals surface area (Å²) in [6.45, 7) is 4.17. The molecule has 0 saturated heterocycles. The van der Waals surface area contributed by atoms with Gasteiger partial charge in [0.15, 0.2) is 0 Å². The van der Waals surface area contributed by atoms with Crippen molar-refractivity contribution < 1.29 is 0 Å². The third-order valence-corrected chi connectivity index (χ3v) is 3.04. The Morgan fingerprint density at radius 2 is 1.42 bits per heavy atom. The third-order valence-electron chi connectivity index (χ3n) is 3.04. The summed E-state index contributed by atoms with van der Waals surface area (Å²) in [6.07, 6.45) is 2.99. The average Bonchev–Trinajstić information content (AvgIpc) is 2.50. The highest BCUT2D eigenvalue weighted by molar-refractivity contribution is 6.03. The van der Waals surface area contributed by atoms with Crippen LogP contribution in [0.3, 0.4) is 0 Å². The standard InChI is InChI=1S/C18H19N/c1-3-17(15-11-7-5-8-12-15)19-18(4-2)16-13-9-6-10-14-16/h3,5-14H,4H2,1-2H3/b17-3+,19-18?. The van der Waals surface area contributed by atoms with E-state index in [4.69, 9.17) is 4.99 Å². The van der Waals surface area contributed by atoms with Gasteiger partial charge < -0.3 is 0 Å². The van der Waals surface area contributed by atoms with Crippen LogP contribution in [0.2, 0.25) is 0 Å². The van der Waals surface area contributed by atoms with Crippen LogP contribution in [0.15, 0.2) is 71.7 Å². The van der Waals surface area contributed by atoms with Gasteiger partial charge in [-0.15, -0.1) is 0 Å². The SMILES string of the molecule is C/C=C(/N=C(CC)c1ccccc1)c1ccccc1. The first-order chi connectivity index (χ1) is 9.35. The Morgan fingerprint density at radius 1 is 0.895 bits per heavy atom. The molecule has 2 rings (SSSR count). The first kappa shape index (κ1) is 13.3. The van der Waals surface area contributed by atoms with Gasteiger partial charge in [0, 0.05) is 5.71 Å². The van der Waals surface area contributed by atoms with Crippen molar-refractivity contribution in [1.29, 1.82) is 0 Å². The summed E-state index contributed by atoms with van der Waals surface area (Å²) in [5, 5.41) is 0. The predicted molar refractivity (Wildman–Crippen MR) is 83.4 cm³/mol. The van der Waals surface area contributed by atoms with Crippen molar-refractivity contribution in [2.75, 3.05) is 0 Å². The van der Waals surface area contributed by atoms with Crippen LogP contribution in [0.1, 0.15) is 31.4 Å². The fourth-order valence-corrected chi connectivity index (χ4v) is 2.03. The smallest absolute Gasteiger partial charge is 0.0662 e. The van der Waals surface area contributed by atoms with E-state index in [1.165, 1.54) is 5.56 Å². The zero-order chi connectivity index (χ0) is 13.5. The van der Waals surface area contributed by atoms with Crippen LogP contribution in [-0.4, -0.2) is 5.71 Å². The van der Waals surface area contributed by atoms with Crippen molar-refractivity contribution in [3.05, 3.63) is 77.9 Å². The molecule has 19 heavy (non-hydrogen) atoms. The molecule has 0 aliphatic heterocycles. The predicted octanol–water partition coefficient (Wildman–Crippen LogP) is 4.95. The Bertz CT molecular complexity index is 565. The average molecular weight is 249 g/mol. The number of rotatable bonds is 4. The van der Waals surface area contributed by atoms with Crippen molar-refractivity contribution in [3.8, 4) is 0 Å². The van der Waals surface area contributed by atoms with Gasteiger partial charge in [0.25, 0.3) is 0 Å². The second-order valence-electron chi connectivity index (χ2n) is 4.32. The molecule has 1 heteroatoms. The number of aliphatic imine (C=N–C) groups is 1. The number of hydrogen-bond donors (Lipinski definition) is 0. The van der Waals surface area contributed by atoms with E-state index in [9.17, 15) is 0 Å². The maximum Gasteiger partial charge on any atom is 0.0662 e. The molecule has 0 radical (unpaired) electrons. The summed E-state index contributed by atoms with van der Waals surface area (Å²) >= 11 is 0. The Balaban J connectivity index is 2.37. The molecule has 2 aromatic rings. The Labute approximate surface area is 115 Å². The molecular formula is C18H19N. The lowest BCUT2D eigenvalue weighted by Crippen LogP contribution is -1.99. The number of benzene rings is 2. The van der Waals surface area contributed by atoms with Gasteiger partial charge in [0.2, 0.25) is 0 Å². The minimum atomic E-state index is 0.925.